The summed E-state index contributed by atoms with van der Waals surface area (Å²) in [5.41, 5.74) is 4.27. The quantitative estimate of drug-likeness (QED) is 0.414. The van der Waals surface area contributed by atoms with Gasteiger partial charge in [0.2, 0.25) is 0 Å². The summed E-state index contributed by atoms with van der Waals surface area (Å²) in [5.74, 6) is 1.36. The Morgan fingerprint density at radius 1 is 0.963 bits per heavy atom. The van der Waals surface area contributed by atoms with Gasteiger partial charge in [0, 0.05) is 6.21 Å². The topological polar surface area (TPSA) is 30.8 Å². The first-order chi connectivity index (χ1) is 13.2. The molecule has 0 spiro atoms. The molecule has 4 heteroatoms. The molecule has 0 aliphatic heterocycles. The molecule has 0 heterocycles. The summed E-state index contributed by atoms with van der Waals surface area (Å²) in [4.78, 5) is 4.55. The Morgan fingerprint density at radius 3 is 2.37 bits per heavy atom. The van der Waals surface area contributed by atoms with Gasteiger partial charge in [-0.15, -0.1) is 0 Å². The van der Waals surface area contributed by atoms with Crippen molar-refractivity contribution in [3.8, 4) is 11.5 Å². The molecule has 0 radical (unpaired) electrons. The van der Waals surface area contributed by atoms with Gasteiger partial charge in [-0.1, -0.05) is 49.4 Å². The maximum absolute atomic E-state index is 5.97. The summed E-state index contributed by atoms with van der Waals surface area (Å²) in [5, 5.41) is 0. The average molecular weight is 424 g/mol. The van der Waals surface area contributed by atoms with Gasteiger partial charge in [-0.05, 0) is 63.3 Å². The summed E-state index contributed by atoms with van der Waals surface area (Å²) in [6, 6.07) is 22.2. The highest BCUT2D eigenvalue weighted by atomic mass is 79.9. The number of aryl methyl sites for hydroxylation is 1. The van der Waals surface area contributed by atoms with Gasteiger partial charge in [0.05, 0.1) is 17.3 Å². The molecule has 0 unspecified atom stereocenters. The minimum atomic E-state index is 0.479. The van der Waals surface area contributed by atoms with E-state index < -0.39 is 0 Å². The number of benzene rings is 3. The van der Waals surface area contributed by atoms with Crippen molar-refractivity contribution in [1.29, 1.82) is 0 Å². The van der Waals surface area contributed by atoms with E-state index in [2.05, 4.69) is 40.0 Å². The number of nitrogens with zero attached hydrogens (tertiary/aromatic N) is 1. The van der Waals surface area contributed by atoms with Crippen molar-refractivity contribution in [3.05, 3.63) is 87.9 Å². The van der Waals surface area contributed by atoms with Gasteiger partial charge in [-0.3, -0.25) is 4.99 Å². The Kier molecular flexibility index (Phi) is 6.66. The Hall–Kier alpha value is -2.59. The van der Waals surface area contributed by atoms with Crippen LogP contribution in [-0.4, -0.2) is 13.3 Å². The monoisotopic (exact) mass is 423 g/mol. The van der Waals surface area contributed by atoms with Gasteiger partial charge in [0.25, 0.3) is 0 Å². The largest absolute Gasteiger partial charge is 0.493 e. The van der Waals surface area contributed by atoms with E-state index in [9.17, 15) is 0 Å². The fraction of sp³-hybridized carbons (Fsp3) is 0.174. The van der Waals surface area contributed by atoms with Crippen molar-refractivity contribution in [1.82, 2.24) is 0 Å². The predicted octanol–water partition coefficient (Wildman–Crippen LogP) is 6.35. The third-order valence-electron chi connectivity index (χ3n) is 4.19. The number of rotatable bonds is 7. The number of ether oxygens (including phenoxy) is 2. The number of halogens is 1. The van der Waals surface area contributed by atoms with Crippen molar-refractivity contribution < 1.29 is 9.47 Å². The van der Waals surface area contributed by atoms with Gasteiger partial charge in [-0.2, -0.15) is 0 Å². The van der Waals surface area contributed by atoms with E-state index in [1.54, 1.807) is 7.11 Å². The van der Waals surface area contributed by atoms with E-state index in [0.29, 0.717) is 18.1 Å². The lowest BCUT2D eigenvalue weighted by atomic mass is 10.1. The van der Waals surface area contributed by atoms with Crippen molar-refractivity contribution >= 4 is 27.8 Å². The normalized spacial score (nSPS) is 10.9. The number of hydrogen-bond donors (Lipinski definition) is 0. The van der Waals surface area contributed by atoms with E-state index in [4.69, 9.17) is 9.47 Å². The molecular formula is C23H22BrNO2. The lowest BCUT2D eigenvalue weighted by Gasteiger charge is -2.13. The predicted molar refractivity (Wildman–Crippen MR) is 115 cm³/mol. The zero-order valence-corrected chi connectivity index (χ0v) is 17.1. The van der Waals surface area contributed by atoms with Crippen molar-refractivity contribution in [2.45, 2.75) is 20.0 Å². The molecule has 0 bridgehead atoms. The summed E-state index contributed by atoms with van der Waals surface area (Å²) < 4.78 is 12.3. The highest BCUT2D eigenvalue weighted by molar-refractivity contribution is 9.10. The SMILES string of the molecule is CCc1ccc(N=Cc2cc(Br)c(OCc3ccccc3)c(OC)c2)cc1. The first-order valence-corrected chi connectivity index (χ1v) is 9.66. The van der Waals surface area contributed by atoms with Crippen LogP contribution in [0.3, 0.4) is 0 Å². The highest BCUT2D eigenvalue weighted by Gasteiger charge is 2.11. The van der Waals surface area contributed by atoms with Crippen LogP contribution in [-0.2, 0) is 13.0 Å². The van der Waals surface area contributed by atoms with Crippen LogP contribution >= 0.6 is 15.9 Å². The van der Waals surface area contributed by atoms with Crippen molar-refractivity contribution in [3.63, 3.8) is 0 Å². The van der Waals surface area contributed by atoms with Gasteiger partial charge in [0.1, 0.15) is 6.61 Å². The van der Waals surface area contributed by atoms with E-state index in [0.717, 1.165) is 27.7 Å². The van der Waals surface area contributed by atoms with E-state index >= 15 is 0 Å². The van der Waals surface area contributed by atoms with Gasteiger partial charge in [0.15, 0.2) is 11.5 Å². The molecule has 0 N–H and O–H groups in total. The minimum Gasteiger partial charge on any atom is -0.493 e. The second-order valence-electron chi connectivity index (χ2n) is 6.09. The maximum Gasteiger partial charge on any atom is 0.175 e. The molecule has 3 nitrogen and oxygen atoms in total. The molecular weight excluding hydrogens is 402 g/mol. The van der Waals surface area contributed by atoms with E-state index in [1.807, 2.05) is 60.8 Å². The summed E-state index contributed by atoms with van der Waals surface area (Å²) in [6.45, 7) is 2.62. The third kappa shape index (κ3) is 5.20. The Morgan fingerprint density at radius 2 is 1.70 bits per heavy atom. The molecule has 3 aromatic carbocycles. The van der Waals surface area contributed by atoms with Crippen LogP contribution in [0, 0.1) is 0 Å². The van der Waals surface area contributed by atoms with Crippen molar-refractivity contribution in [2.24, 2.45) is 4.99 Å². The van der Waals surface area contributed by atoms with Gasteiger partial charge >= 0.3 is 0 Å². The Balaban J connectivity index is 1.77. The lowest BCUT2D eigenvalue weighted by Crippen LogP contribution is -1.99. The fourth-order valence-corrected chi connectivity index (χ4v) is 3.23. The van der Waals surface area contributed by atoms with Gasteiger partial charge < -0.3 is 9.47 Å². The summed E-state index contributed by atoms with van der Waals surface area (Å²) in [7, 11) is 1.64. The van der Waals surface area contributed by atoms with E-state index in [1.165, 1.54) is 5.56 Å². The van der Waals surface area contributed by atoms with Crippen LogP contribution < -0.4 is 9.47 Å². The molecule has 3 rings (SSSR count). The standard InChI is InChI=1S/C23H22BrNO2/c1-3-17-9-11-20(12-10-17)25-15-19-13-21(24)23(22(14-19)26-2)27-16-18-7-5-4-6-8-18/h4-15H,3,16H2,1-2H3. The molecule has 0 saturated heterocycles. The third-order valence-corrected chi connectivity index (χ3v) is 4.77. The molecule has 0 fully saturated rings. The molecule has 0 aliphatic rings. The molecule has 0 aromatic heterocycles. The average Bonchev–Trinajstić information content (AvgIpc) is 2.72. The molecule has 27 heavy (non-hydrogen) atoms. The molecule has 0 saturated carbocycles. The van der Waals surface area contributed by atoms with Crippen LogP contribution in [0.2, 0.25) is 0 Å². The Labute approximate surface area is 168 Å². The van der Waals surface area contributed by atoms with Crippen LogP contribution in [0.15, 0.2) is 76.2 Å². The maximum atomic E-state index is 5.97. The van der Waals surface area contributed by atoms with Crippen LogP contribution in [0.5, 0.6) is 11.5 Å². The van der Waals surface area contributed by atoms with Gasteiger partial charge in [-0.25, -0.2) is 0 Å². The van der Waals surface area contributed by atoms with Crippen LogP contribution in [0.4, 0.5) is 5.69 Å². The minimum absolute atomic E-state index is 0.479. The van der Waals surface area contributed by atoms with E-state index in [-0.39, 0.29) is 0 Å². The molecule has 3 aromatic rings. The molecule has 0 atom stereocenters. The first-order valence-electron chi connectivity index (χ1n) is 8.87. The highest BCUT2D eigenvalue weighted by Crippen LogP contribution is 2.37. The van der Waals surface area contributed by atoms with Crippen LogP contribution in [0.1, 0.15) is 23.6 Å². The number of hydrogen-bond acceptors (Lipinski definition) is 3. The number of methoxy groups -OCH3 is 1. The number of aliphatic imine (C=N–C) groups is 1. The summed E-state index contributed by atoms with van der Waals surface area (Å²) in [6.07, 6.45) is 2.85. The zero-order valence-electron chi connectivity index (χ0n) is 15.5. The molecule has 0 amide bonds. The smallest absolute Gasteiger partial charge is 0.175 e. The molecule has 138 valence electrons. The summed E-state index contributed by atoms with van der Waals surface area (Å²) >= 11 is 3.59. The Bertz CT molecular complexity index is 906. The molecule has 0 aliphatic carbocycles. The second kappa shape index (κ2) is 9.38. The fourth-order valence-electron chi connectivity index (χ4n) is 2.65. The zero-order chi connectivity index (χ0) is 19.1. The second-order valence-corrected chi connectivity index (χ2v) is 6.94. The van der Waals surface area contributed by atoms with Crippen molar-refractivity contribution in [2.75, 3.05) is 7.11 Å². The lowest BCUT2D eigenvalue weighted by molar-refractivity contribution is 0.282. The first kappa shape index (κ1) is 19.2. The van der Waals surface area contributed by atoms with Crippen LogP contribution in [0.25, 0.3) is 0 Å².